The summed E-state index contributed by atoms with van der Waals surface area (Å²) in [5.41, 5.74) is 17.1. The second-order valence-corrected chi connectivity index (χ2v) is 8.76. The number of rotatable bonds is 13. The van der Waals surface area contributed by atoms with E-state index in [0.29, 0.717) is 18.4 Å². The van der Waals surface area contributed by atoms with Crippen molar-refractivity contribution in [3.63, 3.8) is 0 Å². The predicted octanol–water partition coefficient (Wildman–Crippen LogP) is -2.65. The van der Waals surface area contributed by atoms with Gasteiger partial charge in [0.1, 0.15) is 23.9 Å². The third-order valence-corrected chi connectivity index (χ3v) is 5.93. The zero-order valence-corrected chi connectivity index (χ0v) is 20.4. The maximum atomic E-state index is 13.2. The minimum atomic E-state index is -1.40. The molecule has 0 spiro atoms. The Morgan fingerprint density at radius 2 is 1.73 bits per heavy atom. The maximum Gasteiger partial charge on any atom is 0.326 e. The fraction of sp³-hybridized carbons (Fsp3) is 0.522. The molecule has 0 saturated carbocycles. The number of likely N-dealkylation sites (tertiary alicyclic amines) is 1. The van der Waals surface area contributed by atoms with Crippen LogP contribution in [0.1, 0.15) is 31.2 Å². The average molecular weight is 522 g/mol. The summed E-state index contributed by atoms with van der Waals surface area (Å²) in [6.45, 7) is -0.309. The van der Waals surface area contributed by atoms with Crippen molar-refractivity contribution in [3.8, 4) is 5.75 Å². The number of nitrogens with two attached hydrogens (primary N) is 3. The number of amides is 3. The number of aliphatic hydroxyl groups is 1. The first-order chi connectivity index (χ1) is 17.5. The largest absolute Gasteiger partial charge is 0.508 e. The molecule has 11 N–H and O–H groups in total. The highest BCUT2D eigenvalue weighted by molar-refractivity contribution is 5.94. The molecule has 0 bridgehead atoms. The summed E-state index contributed by atoms with van der Waals surface area (Å²) >= 11 is 0. The van der Waals surface area contributed by atoms with E-state index in [0.717, 1.165) is 4.90 Å². The van der Waals surface area contributed by atoms with Crippen LogP contribution >= 0.6 is 0 Å². The van der Waals surface area contributed by atoms with Crippen LogP contribution in [-0.2, 0) is 25.6 Å². The number of carboxylic acid groups (broad SMARTS) is 1. The molecule has 37 heavy (non-hydrogen) atoms. The number of hydrogen-bond donors (Lipinski definition) is 8. The summed E-state index contributed by atoms with van der Waals surface area (Å²) in [5, 5.41) is 33.7. The van der Waals surface area contributed by atoms with Gasteiger partial charge in [0.2, 0.25) is 17.7 Å². The van der Waals surface area contributed by atoms with Crippen LogP contribution in [-0.4, -0.2) is 93.7 Å². The number of carbonyl (C=O) groups is 4. The summed E-state index contributed by atoms with van der Waals surface area (Å²) in [4.78, 5) is 55.2. The van der Waals surface area contributed by atoms with E-state index in [-0.39, 0.29) is 44.1 Å². The van der Waals surface area contributed by atoms with Crippen LogP contribution < -0.4 is 27.8 Å². The second kappa shape index (κ2) is 14.0. The Bertz CT molecular complexity index is 982. The van der Waals surface area contributed by atoms with E-state index in [2.05, 4.69) is 15.6 Å². The fourth-order valence-electron chi connectivity index (χ4n) is 3.95. The zero-order valence-electron chi connectivity index (χ0n) is 20.4. The molecule has 1 aliphatic rings. The maximum absolute atomic E-state index is 13.2. The summed E-state index contributed by atoms with van der Waals surface area (Å²) < 4.78 is 0. The molecule has 2 rings (SSSR count). The van der Waals surface area contributed by atoms with Crippen LogP contribution in [0.15, 0.2) is 29.3 Å². The van der Waals surface area contributed by atoms with Gasteiger partial charge in [0.05, 0.1) is 12.6 Å². The molecule has 1 aromatic carbocycles. The molecule has 0 aliphatic carbocycles. The summed E-state index contributed by atoms with van der Waals surface area (Å²) in [5.74, 6) is -3.36. The number of aliphatic imine (C=N–C) groups is 1. The van der Waals surface area contributed by atoms with Gasteiger partial charge in [-0.2, -0.15) is 0 Å². The van der Waals surface area contributed by atoms with Crippen molar-refractivity contribution in [2.24, 2.45) is 22.2 Å². The minimum Gasteiger partial charge on any atom is -0.508 e. The molecule has 1 fully saturated rings. The van der Waals surface area contributed by atoms with E-state index < -0.39 is 54.5 Å². The first-order valence-corrected chi connectivity index (χ1v) is 11.9. The molecule has 1 aliphatic heterocycles. The number of aliphatic hydroxyl groups excluding tert-OH is 1. The highest BCUT2D eigenvalue weighted by atomic mass is 16.4. The minimum absolute atomic E-state index is 0.00756. The lowest BCUT2D eigenvalue weighted by molar-refractivity contribution is -0.150. The van der Waals surface area contributed by atoms with E-state index in [9.17, 15) is 34.5 Å². The van der Waals surface area contributed by atoms with Crippen molar-refractivity contribution < 1.29 is 34.5 Å². The highest BCUT2D eigenvalue weighted by Gasteiger charge is 2.38. The number of nitrogens with zero attached hydrogens (tertiary/aromatic N) is 2. The number of carbonyl (C=O) groups excluding carboxylic acids is 3. The molecule has 204 valence electrons. The topological polar surface area (TPSA) is 247 Å². The molecule has 1 heterocycles. The number of benzene rings is 1. The smallest absolute Gasteiger partial charge is 0.326 e. The van der Waals surface area contributed by atoms with Crippen LogP contribution in [0.4, 0.5) is 0 Å². The molecule has 1 saturated heterocycles. The van der Waals surface area contributed by atoms with Gasteiger partial charge in [0, 0.05) is 19.5 Å². The SMILES string of the molecule is NC(N)=NCCCC(N)C(=O)NC(Cc1ccc(O)cc1)C(=O)NC(CO)C(=O)N1CCCC1C(=O)O. The van der Waals surface area contributed by atoms with E-state index in [1.807, 2.05) is 0 Å². The predicted molar refractivity (Wildman–Crippen MR) is 133 cm³/mol. The molecular weight excluding hydrogens is 486 g/mol. The lowest BCUT2D eigenvalue weighted by Crippen LogP contribution is -2.58. The Morgan fingerprint density at radius 1 is 1.08 bits per heavy atom. The number of aromatic hydroxyl groups is 1. The van der Waals surface area contributed by atoms with Crippen LogP contribution in [0.3, 0.4) is 0 Å². The van der Waals surface area contributed by atoms with Crippen molar-refractivity contribution in [2.45, 2.75) is 56.3 Å². The van der Waals surface area contributed by atoms with Gasteiger partial charge in [-0.15, -0.1) is 0 Å². The standard InChI is InChI=1S/C23H35N7O7/c24-15(3-1-9-27-23(25)26)19(33)28-16(11-13-5-7-14(32)8-6-13)20(34)29-17(12-31)21(35)30-10-2-4-18(30)22(36)37/h5-8,15-18,31-32H,1-4,9-12,24H2,(H,28,33)(H,29,34)(H,36,37)(H4,25,26,27). The molecule has 14 heteroatoms. The summed E-state index contributed by atoms with van der Waals surface area (Å²) in [6, 6.07) is 1.36. The van der Waals surface area contributed by atoms with E-state index in [4.69, 9.17) is 17.2 Å². The number of guanidine groups is 1. The van der Waals surface area contributed by atoms with Gasteiger partial charge in [-0.05, 0) is 43.4 Å². The van der Waals surface area contributed by atoms with E-state index in [1.54, 1.807) is 12.1 Å². The van der Waals surface area contributed by atoms with Crippen LogP contribution in [0, 0.1) is 0 Å². The Labute approximate surface area is 213 Å². The molecule has 3 amide bonds. The number of aliphatic carboxylic acids is 1. The number of phenols is 1. The second-order valence-electron chi connectivity index (χ2n) is 8.76. The third-order valence-electron chi connectivity index (χ3n) is 5.93. The van der Waals surface area contributed by atoms with E-state index in [1.165, 1.54) is 12.1 Å². The van der Waals surface area contributed by atoms with Crippen LogP contribution in [0.5, 0.6) is 5.75 Å². The molecular formula is C23H35N7O7. The number of carboxylic acids is 1. The normalized spacial score (nSPS) is 17.4. The molecule has 1 aromatic rings. The zero-order chi connectivity index (χ0) is 27.5. The molecule has 4 atom stereocenters. The van der Waals surface area contributed by atoms with Gasteiger partial charge in [0.15, 0.2) is 5.96 Å². The van der Waals surface area contributed by atoms with Gasteiger partial charge >= 0.3 is 5.97 Å². The van der Waals surface area contributed by atoms with Crippen molar-refractivity contribution in [1.29, 1.82) is 0 Å². The highest BCUT2D eigenvalue weighted by Crippen LogP contribution is 2.19. The average Bonchev–Trinajstić information content (AvgIpc) is 3.35. The Balaban J connectivity index is 2.12. The lowest BCUT2D eigenvalue weighted by Gasteiger charge is -2.28. The van der Waals surface area contributed by atoms with Crippen molar-refractivity contribution in [2.75, 3.05) is 19.7 Å². The first kappa shape index (κ1) is 29.3. The molecule has 4 unspecified atom stereocenters. The monoisotopic (exact) mass is 521 g/mol. The van der Waals surface area contributed by atoms with Crippen molar-refractivity contribution >= 4 is 29.7 Å². The van der Waals surface area contributed by atoms with Crippen molar-refractivity contribution in [1.82, 2.24) is 15.5 Å². The fourth-order valence-corrected chi connectivity index (χ4v) is 3.95. The van der Waals surface area contributed by atoms with Gasteiger partial charge in [0.25, 0.3) is 0 Å². The number of nitrogens with one attached hydrogen (secondary N) is 2. The van der Waals surface area contributed by atoms with Crippen molar-refractivity contribution in [3.05, 3.63) is 29.8 Å². The lowest BCUT2D eigenvalue weighted by atomic mass is 10.0. The Hall–Kier alpha value is -3.91. The third kappa shape index (κ3) is 8.91. The summed E-state index contributed by atoms with van der Waals surface area (Å²) in [6.07, 6.45) is 1.40. The van der Waals surface area contributed by atoms with Gasteiger partial charge < -0.3 is 48.1 Å². The molecule has 0 radical (unpaired) electrons. The van der Waals surface area contributed by atoms with Gasteiger partial charge in [-0.1, -0.05) is 12.1 Å². The molecule has 14 nitrogen and oxygen atoms in total. The summed E-state index contributed by atoms with van der Waals surface area (Å²) in [7, 11) is 0. The number of hydrogen-bond acceptors (Lipinski definition) is 8. The first-order valence-electron chi connectivity index (χ1n) is 11.9. The quantitative estimate of drug-likeness (QED) is 0.0760. The number of phenolic OH excluding ortho intramolecular Hbond substituents is 1. The van der Waals surface area contributed by atoms with Gasteiger partial charge in [-0.25, -0.2) is 4.79 Å². The van der Waals surface area contributed by atoms with E-state index >= 15 is 0 Å². The molecule has 0 aromatic heterocycles. The van der Waals surface area contributed by atoms with Crippen LogP contribution in [0.2, 0.25) is 0 Å². The van der Waals surface area contributed by atoms with Gasteiger partial charge in [-0.3, -0.25) is 19.4 Å². The Morgan fingerprint density at radius 3 is 2.32 bits per heavy atom. The Kier molecular flexibility index (Phi) is 11.1. The van der Waals surface area contributed by atoms with Crippen LogP contribution in [0.25, 0.3) is 0 Å².